The molecule has 25 heavy (non-hydrogen) atoms. The van der Waals surface area contributed by atoms with Gasteiger partial charge in [0.05, 0.1) is 11.0 Å². The lowest BCUT2D eigenvalue weighted by Crippen LogP contribution is -2.50. The highest BCUT2D eigenvalue weighted by Crippen LogP contribution is 2.34. The fraction of sp³-hybridized carbons (Fsp3) is 0.611. The van der Waals surface area contributed by atoms with Gasteiger partial charge in [-0.15, -0.1) is 12.4 Å². The van der Waals surface area contributed by atoms with E-state index < -0.39 is 17.2 Å². The minimum Gasteiger partial charge on any atom is -0.342 e. The average molecular weight is 379 g/mol. The summed E-state index contributed by atoms with van der Waals surface area (Å²) in [6.45, 7) is 6.49. The molecule has 7 heteroatoms. The maximum atomic E-state index is 13.0. The van der Waals surface area contributed by atoms with Gasteiger partial charge in [0, 0.05) is 19.1 Å². The Bertz CT molecular complexity index is 602. The quantitative estimate of drug-likeness (QED) is 0.864. The molecular weight excluding hydrogens is 353 g/mol. The second kappa shape index (κ2) is 7.96. The normalized spacial score (nSPS) is 20.0. The van der Waals surface area contributed by atoms with E-state index in [1.165, 1.54) is 6.07 Å². The van der Waals surface area contributed by atoms with Crippen LogP contribution in [0.3, 0.4) is 0 Å². The number of halogens is 4. The van der Waals surface area contributed by atoms with Crippen LogP contribution in [0.5, 0.6) is 0 Å². The zero-order valence-electron chi connectivity index (χ0n) is 14.8. The van der Waals surface area contributed by atoms with Crippen LogP contribution >= 0.6 is 12.4 Å². The minimum atomic E-state index is -4.42. The number of amides is 1. The summed E-state index contributed by atoms with van der Waals surface area (Å²) < 4.78 is 38.8. The zero-order chi connectivity index (χ0) is 18.1. The molecular formula is C18H26ClF3N2O. The molecule has 1 heterocycles. The fourth-order valence-corrected chi connectivity index (χ4v) is 3.23. The molecule has 1 fully saturated rings. The van der Waals surface area contributed by atoms with Crippen LogP contribution in [0.4, 0.5) is 13.2 Å². The Morgan fingerprint density at radius 2 is 1.88 bits per heavy atom. The van der Waals surface area contributed by atoms with E-state index in [4.69, 9.17) is 5.73 Å². The Balaban J connectivity index is 0.00000312. The van der Waals surface area contributed by atoms with Crippen LogP contribution in [-0.4, -0.2) is 29.9 Å². The topological polar surface area (TPSA) is 46.3 Å². The second-order valence-electron chi connectivity index (χ2n) is 7.22. The number of carbonyl (C=O) groups is 1. The van der Waals surface area contributed by atoms with Crippen molar-refractivity contribution in [2.45, 2.75) is 51.2 Å². The van der Waals surface area contributed by atoms with Gasteiger partial charge in [-0.1, -0.05) is 18.2 Å². The molecule has 2 N–H and O–H groups in total. The van der Waals surface area contributed by atoms with Crippen LogP contribution < -0.4 is 5.73 Å². The van der Waals surface area contributed by atoms with E-state index in [0.717, 1.165) is 25.0 Å². The Labute approximate surface area is 153 Å². The third-order valence-corrected chi connectivity index (χ3v) is 4.93. The van der Waals surface area contributed by atoms with E-state index >= 15 is 0 Å². The van der Waals surface area contributed by atoms with Gasteiger partial charge in [-0.05, 0) is 51.2 Å². The monoisotopic (exact) mass is 378 g/mol. The van der Waals surface area contributed by atoms with E-state index in [1.54, 1.807) is 24.8 Å². The molecule has 0 radical (unpaired) electrons. The van der Waals surface area contributed by atoms with Crippen molar-refractivity contribution in [1.82, 2.24) is 4.90 Å². The van der Waals surface area contributed by atoms with E-state index in [0.29, 0.717) is 18.7 Å². The highest BCUT2D eigenvalue weighted by Gasteiger charge is 2.38. The lowest BCUT2D eigenvalue weighted by atomic mass is 9.81. The maximum absolute atomic E-state index is 13.0. The number of rotatable bonds is 3. The van der Waals surface area contributed by atoms with Gasteiger partial charge in [0.25, 0.3) is 0 Å². The van der Waals surface area contributed by atoms with Crippen LogP contribution in [0.1, 0.15) is 44.7 Å². The first-order valence-corrected chi connectivity index (χ1v) is 8.26. The summed E-state index contributed by atoms with van der Waals surface area (Å²) in [7, 11) is 0. The van der Waals surface area contributed by atoms with Crippen molar-refractivity contribution in [3.05, 3.63) is 35.4 Å². The molecule has 2 rings (SSSR count). The summed E-state index contributed by atoms with van der Waals surface area (Å²) >= 11 is 0. The van der Waals surface area contributed by atoms with Crippen molar-refractivity contribution >= 4 is 18.3 Å². The van der Waals surface area contributed by atoms with Crippen LogP contribution in [-0.2, 0) is 16.4 Å². The number of piperidine rings is 1. The zero-order valence-corrected chi connectivity index (χ0v) is 15.6. The molecule has 0 saturated carbocycles. The molecule has 2 unspecified atom stereocenters. The Hall–Kier alpha value is -1.27. The van der Waals surface area contributed by atoms with Crippen molar-refractivity contribution in [3.8, 4) is 0 Å². The van der Waals surface area contributed by atoms with E-state index in [-0.39, 0.29) is 30.3 Å². The smallest absolute Gasteiger partial charge is 0.342 e. The van der Waals surface area contributed by atoms with Crippen molar-refractivity contribution < 1.29 is 18.0 Å². The van der Waals surface area contributed by atoms with Gasteiger partial charge in [-0.25, -0.2) is 0 Å². The molecule has 3 nitrogen and oxygen atoms in total. The summed E-state index contributed by atoms with van der Waals surface area (Å²) in [5, 5.41) is 0. The lowest BCUT2D eigenvalue weighted by molar-refractivity contribution is -0.140. The van der Waals surface area contributed by atoms with Crippen molar-refractivity contribution in [2.24, 2.45) is 11.7 Å². The highest BCUT2D eigenvalue weighted by molar-refractivity contribution is 5.87. The number of hydrogen-bond donors (Lipinski definition) is 1. The predicted octanol–water partition coefficient (Wildman–Crippen LogP) is 3.99. The molecule has 1 saturated heterocycles. The Morgan fingerprint density at radius 3 is 2.44 bits per heavy atom. The van der Waals surface area contributed by atoms with Crippen LogP contribution in [0.2, 0.25) is 0 Å². The average Bonchev–Trinajstić information content (AvgIpc) is 2.53. The van der Waals surface area contributed by atoms with Crippen LogP contribution in [0.25, 0.3) is 0 Å². The first-order valence-electron chi connectivity index (χ1n) is 8.26. The summed E-state index contributed by atoms with van der Waals surface area (Å²) in [4.78, 5) is 14.7. The maximum Gasteiger partial charge on any atom is 0.416 e. The molecule has 1 aromatic rings. The molecule has 0 aliphatic carbocycles. The van der Waals surface area contributed by atoms with Crippen LogP contribution in [0, 0.1) is 5.92 Å². The molecule has 1 aliphatic rings. The highest BCUT2D eigenvalue weighted by atomic mass is 35.5. The summed E-state index contributed by atoms with van der Waals surface area (Å²) in [5.74, 6) is 0.0900. The second-order valence-corrected chi connectivity index (χ2v) is 7.22. The molecule has 1 amide bonds. The first kappa shape index (κ1) is 21.8. The predicted molar refractivity (Wildman–Crippen MR) is 94.7 cm³/mol. The van der Waals surface area contributed by atoms with Gasteiger partial charge in [0.2, 0.25) is 5.91 Å². The van der Waals surface area contributed by atoms with Gasteiger partial charge in [0.1, 0.15) is 0 Å². The molecule has 0 bridgehead atoms. The number of hydrogen-bond acceptors (Lipinski definition) is 2. The third-order valence-electron chi connectivity index (χ3n) is 4.93. The molecule has 142 valence electrons. The van der Waals surface area contributed by atoms with Crippen molar-refractivity contribution in [2.75, 3.05) is 13.1 Å². The molecule has 0 spiro atoms. The SMILES string of the molecule is CC(N)C1CCCN(C(=O)C(C)(C)c2cccc(C(F)(F)F)c2)C1.Cl. The molecule has 1 aromatic carbocycles. The number of carbonyl (C=O) groups excluding carboxylic acids is 1. The number of nitrogens with zero attached hydrogens (tertiary/aromatic N) is 1. The van der Waals surface area contributed by atoms with E-state index in [2.05, 4.69) is 0 Å². The largest absolute Gasteiger partial charge is 0.416 e. The van der Waals surface area contributed by atoms with Gasteiger partial charge in [-0.2, -0.15) is 13.2 Å². The Kier molecular flexibility index (Phi) is 6.93. The third kappa shape index (κ3) is 4.88. The minimum absolute atomic E-state index is 0. The molecule has 2 atom stereocenters. The Morgan fingerprint density at radius 1 is 1.28 bits per heavy atom. The number of alkyl halides is 3. The summed E-state index contributed by atoms with van der Waals surface area (Å²) in [5.41, 5.74) is 4.59. The number of benzene rings is 1. The van der Waals surface area contributed by atoms with E-state index in [9.17, 15) is 18.0 Å². The van der Waals surface area contributed by atoms with Crippen molar-refractivity contribution in [1.29, 1.82) is 0 Å². The van der Waals surface area contributed by atoms with Crippen molar-refractivity contribution in [3.63, 3.8) is 0 Å². The fourth-order valence-electron chi connectivity index (χ4n) is 3.23. The molecule has 1 aliphatic heterocycles. The molecule has 0 aromatic heterocycles. The lowest BCUT2D eigenvalue weighted by Gasteiger charge is -2.39. The number of likely N-dealkylation sites (tertiary alicyclic amines) is 1. The van der Waals surface area contributed by atoms with E-state index in [1.807, 2.05) is 6.92 Å². The first-order chi connectivity index (χ1) is 11.0. The summed E-state index contributed by atoms with van der Waals surface area (Å²) in [6.07, 6.45) is -2.57. The summed E-state index contributed by atoms with van der Waals surface area (Å²) in [6, 6.07) is 5.04. The van der Waals surface area contributed by atoms with Crippen LogP contribution in [0.15, 0.2) is 24.3 Å². The number of nitrogens with two attached hydrogens (primary N) is 1. The standard InChI is InChI=1S/C18H25F3N2O.ClH/c1-12(22)13-6-5-9-23(11-13)16(24)17(2,3)14-7-4-8-15(10-14)18(19,20)21;/h4,7-8,10,12-13H,5-6,9,11,22H2,1-3H3;1H. The van der Waals surface area contributed by atoms with Gasteiger partial charge >= 0.3 is 6.18 Å². The van der Waals surface area contributed by atoms with Gasteiger partial charge in [-0.3, -0.25) is 4.79 Å². The van der Waals surface area contributed by atoms with Gasteiger partial charge in [0.15, 0.2) is 0 Å². The van der Waals surface area contributed by atoms with Gasteiger partial charge < -0.3 is 10.6 Å².